The third-order valence-corrected chi connectivity index (χ3v) is 3.81. The number of hydrogen-bond donors (Lipinski definition) is 2. The highest BCUT2D eigenvalue weighted by Gasteiger charge is 2.18. The standard InChI is InChI=1S/C15H20BrNO3/c1-3-5-10(6-4-2)14(18)17-13-9-11(15(19)20)7-8-12(13)16/h7-10H,3-6H2,1-2H3,(H,17,18)(H,19,20). The van der Waals surface area contributed by atoms with Crippen molar-refractivity contribution >= 4 is 33.5 Å². The molecule has 0 aromatic heterocycles. The number of benzene rings is 1. The van der Waals surface area contributed by atoms with Crippen LogP contribution in [0.2, 0.25) is 0 Å². The number of carbonyl (C=O) groups excluding carboxylic acids is 1. The Kier molecular flexibility index (Phi) is 6.71. The Morgan fingerprint density at radius 1 is 1.25 bits per heavy atom. The number of carboxylic acid groups (broad SMARTS) is 1. The van der Waals surface area contributed by atoms with Crippen molar-refractivity contribution in [2.75, 3.05) is 5.32 Å². The highest BCUT2D eigenvalue weighted by Crippen LogP contribution is 2.25. The van der Waals surface area contributed by atoms with E-state index in [1.807, 2.05) is 0 Å². The molecule has 5 heteroatoms. The van der Waals surface area contributed by atoms with Crippen LogP contribution in [-0.2, 0) is 4.79 Å². The van der Waals surface area contributed by atoms with E-state index in [0.717, 1.165) is 25.7 Å². The molecule has 0 bridgehead atoms. The number of halogens is 1. The van der Waals surface area contributed by atoms with Crippen molar-refractivity contribution in [3.63, 3.8) is 0 Å². The maximum Gasteiger partial charge on any atom is 0.335 e. The van der Waals surface area contributed by atoms with Gasteiger partial charge in [-0.05, 0) is 47.0 Å². The Bertz CT molecular complexity index is 482. The van der Waals surface area contributed by atoms with Crippen LogP contribution in [0, 0.1) is 5.92 Å². The zero-order valence-corrected chi connectivity index (χ0v) is 13.4. The monoisotopic (exact) mass is 341 g/mol. The Hall–Kier alpha value is -1.36. The molecule has 0 aliphatic carbocycles. The van der Waals surface area contributed by atoms with E-state index in [-0.39, 0.29) is 17.4 Å². The molecule has 0 radical (unpaired) electrons. The first-order valence-electron chi connectivity index (χ1n) is 6.83. The van der Waals surface area contributed by atoms with Crippen LogP contribution >= 0.6 is 15.9 Å². The molecule has 1 rings (SSSR count). The maximum absolute atomic E-state index is 12.2. The lowest BCUT2D eigenvalue weighted by Gasteiger charge is -2.16. The lowest BCUT2D eigenvalue weighted by atomic mass is 9.97. The summed E-state index contributed by atoms with van der Waals surface area (Å²) in [6.45, 7) is 4.10. The average Bonchev–Trinajstić information content (AvgIpc) is 2.40. The van der Waals surface area contributed by atoms with Crippen LogP contribution < -0.4 is 5.32 Å². The first kappa shape index (κ1) is 16.7. The predicted molar refractivity (Wildman–Crippen MR) is 83.0 cm³/mol. The largest absolute Gasteiger partial charge is 0.478 e. The summed E-state index contributed by atoms with van der Waals surface area (Å²) in [5.41, 5.74) is 0.665. The summed E-state index contributed by atoms with van der Waals surface area (Å²) >= 11 is 3.33. The van der Waals surface area contributed by atoms with Crippen molar-refractivity contribution in [2.45, 2.75) is 39.5 Å². The third-order valence-electron chi connectivity index (χ3n) is 3.12. The Morgan fingerprint density at radius 2 is 1.85 bits per heavy atom. The lowest BCUT2D eigenvalue weighted by molar-refractivity contribution is -0.120. The summed E-state index contributed by atoms with van der Waals surface area (Å²) in [7, 11) is 0. The van der Waals surface area contributed by atoms with Gasteiger partial charge in [-0.1, -0.05) is 26.7 Å². The number of anilines is 1. The molecule has 0 fully saturated rings. The number of amides is 1. The van der Waals surface area contributed by atoms with Crippen LogP contribution in [0.15, 0.2) is 22.7 Å². The van der Waals surface area contributed by atoms with E-state index in [2.05, 4.69) is 35.1 Å². The third kappa shape index (κ3) is 4.63. The molecule has 20 heavy (non-hydrogen) atoms. The van der Waals surface area contributed by atoms with Gasteiger partial charge in [0.05, 0.1) is 11.3 Å². The van der Waals surface area contributed by atoms with Gasteiger partial charge in [-0.25, -0.2) is 4.79 Å². The van der Waals surface area contributed by atoms with Gasteiger partial charge in [0.1, 0.15) is 0 Å². The van der Waals surface area contributed by atoms with Crippen molar-refractivity contribution in [3.05, 3.63) is 28.2 Å². The van der Waals surface area contributed by atoms with Gasteiger partial charge in [-0.3, -0.25) is 4.79 Å². The molecule has 110 valence electrons. The second kappa shape index (κ2) is 8.04. The number of aromatic carboxylic acids is 1. The van der Waals surface area contributed by atoms with E-state index in [1.54, 1.807) is 6.07 Å². The molecule has 0 heterocycles. The van der Waals surface area contributed by atoms with Gasteiger partial charge < -0.3 is 10.4 Å². The van der Waals surface area contributed by atoms with Gasteiger partial charge in [-0.2, -0.15) is 0 Å². The Balaban J connectivity index is 2.87. The molecule has 1 aromatic carbocycles. The van der Waals surface area contributed by atoms with Crippen molar-refractivity contribution in [3.8, 4) is 0 Å². The van der Waals surface area contributed by atoms with E-state index in [1.165, 1.54) is 12.1 Å². The zero-order valence-electron chi connectivity index (χ0n) is 11.8. The lowest BCUT2D eigenvalue weighted by Crippen LogP contribution is -2.23. The Morgan fingerprint density at radius 3 is 2.35 bits per heavy atom. The molecule has 0 saturated heterocycles. The molecule has 0 spiro atoms. The fraction of sp³-hybridized carbons (Fsp3) is 0.467. The number of rotatable bonds is 7. The minimum absolute atomic E-state index is 0.0228. The molecule has 1 aromatic rings. The highest BCUT2D eigenvalue weighted by atomic mass is 79.9. The summed E-state index contributed by atoms with van der Waals surface area (Å²) in [5, 5.41) is 11.8. The maximum atomic E-state index is 12.2. The molecule has 0 aliphatic rings. The highest BCUT2D eigenvalue weighted by molar-refractivity contribution is 9.10. The van der Waals surface area contributed by atoms with Gasteiger partial charge >= 0.3 is 5.97 Å². The second-order valence-corrected chi connectivity index (χ2v) is 5.62. The number of carboxylic acids is 1. The summed E-state index contributed by atoms with van der Waals surface area (Å²) in [6, 6.07) is 4.60. The summed E-state index contributed by atoms with van der Waals surface area (Å²) < 4.78 is 0.683. The quantitative estimate of drug-likeness (QED) is 0.776. The van der Waals surface area contributed by atoms with Crippen molar-refractivity contribution in [1.82, 2.24) is 0 Å². The average molecular weight is 342 g/mol. The van der Waals surface area contributed by atoms with E-state index >= 15 is 0 Å². The molecule has 4 nitrogen and oxygen atoms in total. The molecule has 0 aliphatic heterocycles. The smallest absolute Gasteiger partial charge is 0.335 e. The summed E-state index contributed by atoms with van der Waals surface area (Å²) in [6.07, 6.45) is 3.59. The molecule has 0 saturated carbocycles. The van der Waals surface area contributed by atoms with Gasteiger partial charge in [0.15, 0.2) is 0 Å². The van der Waals surface area contributed by atoms with Crippen LogP contribution in [0.5, 0.6) is 0 Å². The first-order valence-corrected chi connectivity index (χ1v) is 7.62. The van der Waals surface area contributed by atoms with Gasteiger partial charge in [0.2, 0.25) is 5.91 Å². The summed E-state index contributed by atoms with van der Waals surface area (Å²) in [4.78, 5) is 23.2. The topological polar surface area (TPSA) is 66.4 Å². The van der Waals surface area contributed by atoms with Crippen LogP contribution in [0.1, 0.15) is 49.9 Å². The molecule has 0 atom stereocenters. The van der Waals surface area contributed by atoms with Gasteiger partial charge in [0.25, 0.3) is 0 Å². The minimum atomic E-state index is -1.01. The van der Waals surface area contributed by atoms with Crippen LogP contribution in [-0.4, -0.2) is 17.0 Å². The van der Waals surface area contributed by atoms with Crippen molar-refractivity contribution in [1.29, 1.82) is 0 Å². The molecule has 2 N–H and O–H groups in total. The van der Waals surface area contributed by atoms with E-state index in [9.17, 15) is 9.59 Å². The fourth-order valence-electron chi connectivity index (χ4n) is 2.09. The molecular formula is C15H20BrNO3. The molecule has 0 unspecified atom stereocenters. The predicted octanol–water partition coefficient (Wildman–Crippen LogP) is 4.30. The van der Waals surface area contributed by atoms with Crippen molar-refractivity contribution < 1.29 is 14.7 Å². The van der Waals surface area contributed by atoms with E-state index in [4.69, 9.17) is 5.11 Å². The molecule has 1 amide bonds. The number of hydrogen-bond acceptors (Lipinski definition) is 2. The van der Waals surface area contributed by atoms with Crippen LogP contribution in [0.4, 0.5) is 5.69 Å². The first-order chi connectivity index (χ1) is 9.49. The fourth-order valence-corrected chi connectivity index (χ4v) is 2.44. The van der Waals surface area contributed by atoms with Crippen molar-refractivity contribution in [2.24, 2.45) is 5.92 Å². The van der Waals surface area contributed by atoms with Crippen LogP contribution in [0.3, 0.4) is 0 Å². The minimum Gasteiger partial charge on any atom is -0.478 e. The number of nitrogens with one attached hydrogen (secondary N) is 1. The second-order valence-electron chi connectivity index (χ2n) is 4.76. The SMILES string of the molecule is CCCC(CCC)C(=O)Nc1cc(C(=O)O)ccc1Br. The van der Waals surface area contributed by atoms with E-state index in [0.29, 0.717) is 10.2 Å². The zero-order chi connectivity index (χ0) is 15.1. The van der Waals surface area contributed by atoms with Gasteiger partial charge in [0, 0.05) is 10.4 Å². The van der Waals surface area contributed by atoms with Crippen LogP contribution in [0.25, 0.3) is 0 Å². The normalized spacial score (nSPS) is 10.6. The summed E-state index contributed by atoms with van der Waals surface area (Å²) in [5.74, 6) is -1.08. The van der Waals surface area contributed by atoms with Gasteiger partial charge in [-0.15, -0.1) is 0 Å². The van der Waals surface area contributed by atoms with E-state index < -0.39 is 5.97 Å². The number of carbonyl (C=O) groups is 2. The Labute approximate surface area is 127 Å². The molecular weight excluding hydrogens is 322 g/mol.